The molecule has 1 fully saturated rings. The first-order valence-electron chi connectivity index (χ1n) is 9.94. The standard InChI is InChI=1S/C21H26N4O3/c1-13(16-12-22-17-11-7-6-10-15(16)17)18-19(26)24-21(28-18)25(2)20(27)23-14-8-4-3-5-9-14/h6-7,10-14,18,22H,3-5,8-9H2,1-2H3,(H,23,27). The van der Waals surface area contributed by atoms with Gasteiger partial charge >= 0.3 is 12.1 Å². The van der Waals surface area contributed by atoms with E-state index >= 15 is 0 Å². The van der Waals surface area contributed by atoms with Crippen LogP contribution in [-0.4, -0.2) is 47.0 Å². The number of aromatic nitrogens is 1. The van der Waals surface area contributed by atoms with Crippen molar-refractivity contribution in [2.75, 3.05) is 7.05 Å². The van der Waals surface area contributed by atoms with E-state index in [0.29, 0.717) is 0 Å². The highest BCUT2D eigenvalue weighted by Crippen LogP contribution is 2.31. The Balaban J connectivity index is 1.43. The molecule has 0 bridgehead atoms. The van der Waals surface area contributed by atoms with Gasteiger partial charge in [0.15, 0.2) is 6.10 Å². The number of nitrogens with zero attached hydrogens (tertiary/aromatic N) is 2. The van der Waals surface area contributed by atoms with Crippen molar-refractivity contribution in [3.63, 3.8) is 0 Å². The quantitative estimate of drug-likeness (QED) is 0.851. The molecule has 4 rings (SSSR count). The van der Waals surface area contributed by atoms with Crippen LogP contribution in [-0.2, 0) is 9.53 Å². The van der Waals surface area contributed by atoms with Gasteiger partial charge in [-0.05, 0) is 24.5 Å². The summed E-state index contributed by atoms with van der Waals surface area (Å²) in [6.07, 6.45) is 6.64. The van der Waals surface area contributed by atoms with Gasteiger partial charge in [0.1, 0.15) is 0 Å². The molecular formula is C21H26N4O3. The zero-order valence-electron chi connectivity index (χ0n) is 16.3. The van der Waals surface area contributed by atoms with Gasteiger partial charge in [0.25, 0.3) is 5.91 Å². The van der Waals surface area contributed by atoms with Gasteiger partial charge in [-0.1, -0.05) is 44.4 Å². The number of ether oxygens (including phenoxy) is 1. The van der Waals surface area contributed by atoms with Gasteiger partial charge < -0.3 is 15.0 Å². The van der Waals surface area contributed by atoms with Crippen LogP contribution in [0, 0.1) is 0 Å². The molecule has 0 spiro atoms. The molecular weight excluding hydrogens is 356 g/mol. The van der Waals surface area contributed by atoms with Gasteiger partial charge in [-0.2, -0.15) is 4.99 Å². The normalized spacial score (nSPS) is 21.3. The maximum Gasteiger partial charge on any atom is 0.325 e. The average molecular weight is 382 g/mol. The number of urea groups is 1. The maximum atomic E-state index is 12.5. The number of hydrogen-bond donors (Lipinski definition) is 2. The fourth-order valence-corrected chi connectivity index (χ4v) is 4.06. The van der Waals surface area contributed by atoms with Crippen LogP contribution in [0.25, 0.3) is 10.9 Å². The summed E-state index contributed by atoms with van der Waals surface area (Å²) in [5, 5.41) is 4.07. The molecule has 2 N–H and O–H groups in total. The molecule has 2 heterocycles. The summed E-state index contributed by atoms with van der Waals surface area (Å²) in [5.41, 5.74) is 2.01. The van der Waals surface area contributed by atoms with Crippen LogP contribution in [0.2, 0.25) is 0 Å². The fourth-order valence-electron chi connectivity index (χ4n) is 4.06. The SMILES string of the molecule is CC(c1c[nH]c2ccccc12)C1OC(N(C)C(=O)NC2CCCCC2)=NC1=O. The monoisotopic (exact) mass is 382 g/mol. The number of nitrogens with one attached hydrogen (secondary N) is 2. The van der Waals surface area contributed by atoms with Crippen molar-refractivity contribution < 1.29 is 14.3 Å². The predicted octanol–water partition coefficient (Wildman–Crippen LogP) is 3.53. The number of aromatic amines is 1. The first-order valence-corrected chi connectivity index (χ1v) is 9.94. The van der Waals surface area contributed by atoms with Crippen molar-refractivity contribution in [1.82, 2.24) is 15.2 Å². The van der Waals surface area contributed by atoms with E-state index in [9.17, 15) is 9.59 Å². The van der Waals surface area contributed by atoms with E-state index in [1.807, 2.05) is 37.4 Å². The third-order valence-corrected chi connectivity index (χ3v) is 5.77. The van der Waals surface area contributed by atoms with E-state index in [1.165, 1.54) is 11.3 Å². The molecule has 2 aliphatic rings. The Morgan fingerprint density at radius 1 is 1.29 bits per heavy atom. The van der Waals surface area contributed by atoms with Crippen LogP contribution in [0.1, 0.15) is 50.5 Å². The van der Waals surface area contributed by atoms with Crippen LogP contribution in [0.3, 0.4) is 0 Å². The number of amides is 3. The van der Waals surface area contributed by atoms with Crippen molar-refractivity contribution in [2.24, 2.45) is 4.99 Å². The highest BCUT2D eigenvalue weighted by Gasteiger charge is 2.38. The van der Waals surface area contributed by atoms with E-state index in [0.717, 1.165) is 42.1 Å². The van der Waals surface area contributed by atoms with Crippen LogP contribution < -0.4 is 5.32 Å². The Bertz CT molecular complexity index is 913. The summed E-state index contributed by atoms with van der Waals surface area (Å²) in [4.78, 5) is 33.5. The van der Waals surface area contributed by atoms with Crippen LogP contribution in [0.15, 0.2) is 35.5 Å². The van der Waals surface area contributed by atoms with Gasteiger partial charge in [0.2, 0.25) is 0 Å². The Hall–Kier alpha value is -2.83. The molecule has 1 aromatic carbocycles. The zero-order chi connectivity index (χ0) is 19.7. The molecule has 28 heavy (non-hydrogen) atoms. The minimum Gasteiger partial charge on any atom is -0.450 e. The number of rotatable bonds is 3. The number of fused-ring (bicyclic) bond motifs is 1. The molecule has 148 valence electrons. The van der Waals surface area contributed by atoms with Gasteiger partial charge in [0.05, 0.1) is 0 Å². The Morgan fingerprint density at radius 2 is 2.04 bits per heavy atom. The number of para-hydroxylation sites is 1. The molecule has 0 radical (unpaired) electrons. The number of benzene rings is 1. The number of hydrogen-bond acceptors (Lipinski definition) is 3. The second-order valence-electron chi connectivity index (χ2n) is 7.69. The van der Waals surface area contributed by atoms with E-state index < -0.39 is 6.10 Å². The lowest BCUT2D eigenvalue weighted by atomic mass is 9.94. The lowest BCUT2D eigenvalue weighted by molar-refractivity contribution is -0.123. The summed E-state index contributed by atoms with van der Waals surface area (Å²) >= 11 is 0. The Kier molecular flexibility index (Phi) is 5.07. The molecule has 0 saturated heterocycles. The summed E-state index contributed by atoms with van der Waals surface area (Å²) in [5.74, 6) is -0.551. The third kappa shape index (κ3) is 3.48. The van der Waals surface area contributed by atoms with Crippen molar-refractivity contribution in [2.45, 2.75) is 57.1 Å². The van der Waals surface area contributed by atoms with Crippen LogP contribution >= 0.6 is 0 Å². The molecule has 1 aliphatic heterocycles. The van der Waals surface area contributed by atoms with Crippen LogP contribution in [0.4, 0.5) is 4.79 Å². The van der Waals surface area contributed by atoms with Crippen molar-refractivity contribution >= 4 is 28.9 Å². The largest absolute Gasteiger partial charge is 0.450 e. The van der Waals surface area contributed by atoms with Gasteiger partial charge in [-0.25, -0.2) is 4.79 Å². The first-order chi connectivity index (χ1) is 13.5. The predicted molar refractivity (Wildman–Crippen MR) is 107 cm³/mol. The molecule has 7 nitrogen and oxygen atoms in total. The van der Waals surface area contributed by atoms with Crippen molar-refractivity contribution in [1.29, 1.82) is 0 Å². The molecule has 1 saturated carbocycles. The van der Waals surface area contributed by atoms with E-state index in [4.69, 9.17) is 4.74 Å². The number of carbonyl (C=O) groups excluding carboxylic acids is 2. The number of H-pyrrole nitrogens is 1. The zero-order valence-corrected chi connectivity index (χ0v) is 16.3. The summed E-state index contributed by atoms with van der Waals surface area (Å²) < 4.78 is 5.83. The molecule has 1 aromatic heterocycles. The van der Waals surface area contributed by atoms with Gasteiger partial charge in [0, 0.05) is 36.1 Å². The molecule has 7 heteroatoms. The van der Waals surface area contributed by atoms with E-state index in [1.54, 1.807) is 7.05 Å². The molecule has 1 aliphatic carbocycles. The minimum absolute atomic E-state index is 0.0648. The Labute approximate surface area is 164 Å². The highest BCUT2D eigenvalue weighted by atomic mass is 16.5. The van der Waals surface area contributed by atoms with Crippen molar-refractivity contribution in [3.05, 3.63) is 36.0 Å². The lowest BCUT2D eigenvalue weighted by Gasteiger charge is -2.26. The van der Waals surface area contributed by atoms with Crippen LogP contribution in [0.5, 0.6) is 0 Å². The number of amidine groups is 1. The average Bonchev–Trinajstić information content (AvgIpc) is 3.31. The first kappa shape index (κ1) is 18.5. The smallest absolute Gasteiger partial charge is 0.325 e. The molecule has 2 aromatic rings. The number of aliphatic imine (C=N–C) groups is 1. The summed E-state index contributed by atoms with van der Waals surface area (Å²) in [6.45, 7) is 1.94. The van der Waals surface area contributed by atoms with Gasteiger partial charge in [-0.3, -0.25) is 9.69 Å². The molecule has 2 unspecified atom stereocenters. The highest BCUT2D eigenvalue weighted by molar-refractivity contribution is 6.04. The third-order valence-electron chi connectivity index (χ3n) is 5.77. The Morgan fingerprint density at radius 3 is 2.82 bits per heavy atom. The molecule has 3 amide bonds. The fraction of sp³-hybridized carbons (Fsp3) is 0.476. The minimum atomic E-state index is -0.737. The second kappa shape index (κ2) is 7.66. The van der Waals surface area contributed by atoms with E-state index in [2.05, 4.69) is 15.3 Å². The maximum absolute atomic E-state index is 12.5. The summed E-state index contributed by atoms with van der Waals surface area (Å²) in [7, 11) is 1.59. The summed E-state index contributed by atoms with van der Waals surface area (Å²) in [6, 6.07) is 7.91. The second-order valence-corrected chi connectivity index (χ2v) is 7.69. The number of carbonyl (C=O) groups is 2. The van der Waals surface area contributed by atoms with Gasteiger partial charge in [-0.15, -0.1) is 0 Å². The van der Waals surface area contributed by atoms with E-state index in [-0.39, 0.29) is 29.9 Å². The van der Waals surface area contributed by atoms with Crippen molar-refractivity contribution in [3.8, 4) is 0 Å². The lowest BCUT2D eigenvalue weighted by Crippen LogP contribution is -2.46. The topological polar surface area (TPSA) is 86.8 Å². The molecule has 2 atom stereocenters.